The standard InChI is InChI=1S/C22H28N4O/c1-22(2)19(24-14-20(27)26-12-6-7-15(26)13-23)11-10-18-21(22)16-8-4-5-9-17(16)25(18)3/h4-5,8-9,15,19,24H,6-7,10-12,14H2,1-3H3/t15-,19?/m0/s1. The van der Waals surface area contributed by atoms with Crippen molar-refractivity contribution in [1.82, 2.24) is 14.8 Å². The average molecular weight is 364 g/mol. The van der Waals surface area contributed by atoms with Gasteiger partial charge in [-0.1, -0.05) is 32.0 Å². The van der Waals surface area contributed by atoms with Crippen LogP contribution in [0.2, 0.25) is 0 Å². The molecule has 2 heterocycles. The van der Waals surface area contributed by atoms with E-state index in [1.807, 2.05) is 0 Å². The van der Waals surface area contributed by atoms with Crippen LogP contribution in [0.3, 0.4) is 0 Å². The van der Waals surface area contributed by atoms with Gasteiger partial charge in [-0.3, -0.25) is 4.79 Å². The van der Waals surface area contributed by atoms with Gasteiger partial charge in [0.05, 0.1) is 12.6 Å². The molecule has 2 aliphatic rings. The molecule has 2 atom stereocenters. The molecule has 0 radical (unpaired) electrons. The molecule has 1 aromatic heterocycles. The Morgan fingerprint density at radius 1 is 1.33 bits per heavy atom. The quantitative estimate of drug-likeness (QED) is 0.911. The van der Waals surface area contributed by atoms with Crippen LogP contribution in [0.1, 0.15) is 44.4 Å². The summed E-state index contributed by atoms with van der Waals surface area (Å²) >= 11 is 0. The summed E-state index contributed by atoms with van der Waals surface area (Å²) in [5.41, 5.74) is 4.04. The number of aromatic nitrogens is 1. The second-order valence-corrected chi connectivity index (χ2v) is 8.47. The van der Waals surface area contributed by atoms with Crippen molar-refractivity contribution in [2.45, 2.75) is 57.0 Å². The van der Waals surface area contributed by atoms with Gasteiger partial charge in [-0.15, -0.1) is 0 Å². The van der Waals surface area contributed by atoms with E-state index >= 15 is 0 Å². The van der Waals surface area contributed by atoms with E-state index < -0.39 is 0 Å². The molecule has 2 aromatic rings. The summed E-state index contributed by atoms with van der Waals surface area (Å²) in [6, 6.07) is 10.9. The van der Waals surface area contributed by atoms with Crippen LogP contribution >= 0.6 is 0 Å². The van der Waals surface area contributed by atoms with Gasteiger partial charge in [-0.25, -0.2) is 0 Å². The number of hydrogen-bond acceptors (Lipinski definition) is 3. The molecule has 0 saturated carbocycles. The first-order valence-corrected chi connectivity index (χ1v) is 9.94. The fourth-order valence-corrected chi connectivity index (χ4v) is 5.14. The first-order chi connectivity index (χ1) is 12.9. The Morgan fingerprint density at radius 3 is 2.89 bits per heavy atom. The van der Waals surface area contributed by atoms with E-state index in [9.17, 15) is 10.1 Å². The van der Waals surface area contributed by atoms with Gasteiger partial charge < -0.3 is 14.8 Å². The molecule has 1 aliphatic carbocycles. The van der Waals surface area contributed by atoms with Crippen molar-refractivity contribution < 1.29 is 4.79 Å². The Hall–Kier alpha value is -2.32. The Labute approximate surface area is 160 Å². The number of fused-ring (bicyclic) bond motifs is 3. The molecule has 1 N–H and O–H groups in total. The van der Waals surface area contributed by atoms with Gasteiger partial charge in [0.1, 0.15) is 6.04 Å². The fourth-order valence-electron chi connectivity index (χ4n) is 5.14. The first-order valence-electron chi connectivity index (χ1n) is 9.94. The normalized spacial score (nSPS) is 24.0. The second-order valence-electron chi connectivity index (χ2n) is 8.47. The highest BCUT2D eigenvalue weighted by atomic mass is 16.2. The zero-order chi connectivity index (χ0) is 19.2. The van der Waals surface area contributed by atoms with E-state index in [-0.39, 0.29) is 23.4 Å². The van der Waals surface area contributed by atoms with Gasteiger partial charge in [0, 0.05) is 41.6 Å². The summed E-state index contributed by atoms with van der Waals surface area (Å²) in [6.45, 7) is 5.59. The number of rotatable bonds is 3. The maximum absolute atomic E-state index is 12.6. The summed E-state index contributed by atoms with van der Waals surface area (Å²) in [4.78, 5) is 14.4. The number of aryl methyl sites for hydroxylation is 1. The lowest BCUT2D eigenvalue weighted by atomic mass is 9.70. The zero-order valence-corrected chi connectivity index (χ0v) is 16.5. The number of carbonyl (C=O) groups excluding carboxylic acids is 1. The predicted molar refractivity (Wildman–Crippen MR) is 106 cm³/mol. The summed E-state index contributed by atoms with van der Waals surface area (Å²) in [5.74, 6) is 0.0542. The topological polar surface area (TPSA) is 61.1 Å². The van der Waals surface area contributed by atoms with E-state index in [1.165, 1.54) is 22.2 Å². The van der Waals surface area contributed by atoms with Gasteiger partial charge in [0.25, 0.3) is 0 Å². The molecule has 5 heteroatoms. The number of benzene rings is 1. The van der Waals surface area contributed by atoms with Crippen LogP contribution in [-0.2, 0) is 23.7 Å². The SMILES string of the molecule is Cn1c2c(c3ccccc31)C(C)(C)C(NCC(=O)N1CCC[C@H]1C#N)CC2. The van der Waals surface area contributed by atoms with Crippen molar-refractivity contribution in [3.05, 3.63) is 35.5 Å². The van der Waals surface area contributed by atoms with Crippen LogP contribution < -0.4 is 5.32 Å². The van der Waals surface area contributed by atoms with Crippen molar-refractivity contribution in [2.75, 3.05) is 13.1 Å². The van der Waals surface area contributed by atoms with E-state index in [1.54, 1.807) is 4.90 Å². The van der Waals surface area contributed by atoms with Crippen LogP contribution in [0.5, 0.6) is 0 Å². The minimum absolute atomic E-state index is 0.0542. The monoisotopic (exact) mass is 364 g/mol. The van der Waals surface area contributed by atoms with Gasteiger partial charge in [-0.05, 0) is 37.3 Å². The van der Waals surface area contributed by atoms with Crippen LogP contribution in [-0.4, -0.2) is 40.5 Å². The Morgan fingerprint density at radius 2 is 2.11 bits per heavy atom. The lowest BCUT2D eigenvalue weighted by Gasteiger charge is -2.40. The van der Waals surface area contributed by atoms with E-state index in [4.69, 9.17) is 0 Å². The summed E-state index contributed by atoms with van der Waals surface area (Å²) in [7, 11) is 2.16. The van der Waals surface area contributed by atoms with Gasteiger partial charge >= 0.3 is 0 Å². The fraction of sp³-hybridized carbons (Fsp3) is 0.545. The van der Waals surface area contributed by atoms with Crippen molar-refractivity contribution >= 4 is 16.8 Å². The lowest BCUT2D eigenvalue weighted by molar-refractivity contribution is -0.130. The third-order valence-electron chi connectivity index (χ3n) is 6.64. The molecule has 1 amide bonds. The summed E-state index contributed by atoms with van der Waals surface area (Å²) in [5, 5.41) is 14.1. The van der Waals surface area contributed by atoms with E-state index in [0.29, 0.717) is 13.1 Å². The highest BCUT2D eigenvalue weighted by molar-refractivity contribution is 5.87. The molecule has 1 fully saturated rings. The largest absolute Gasteiger partial charge is 0.347 e. The first kappa shape index (κ1) is 18.1. The Bertz CT molecular complexity index is 920. The van der Waals surface area contributed by atoms with Crippen LogP contribution in [0, 0.1) is 11.3 Å². The number of nitrogens with zero attached hydrogens (tertiary/aromatic N) is 3. The third-order valence-corrected chi connectivity index (χ3v) is 6.64. The molecule has 4 rings (SSSR count). The molecule has 0 bridgehead atoms. The molecule has 1 unspecified atom stereocenters. The number of amides is 1. The average Bonchev–Trinajstić information content (AvgIpc) is 3.24. The highest BCUT2D eigenvalue weighted by Crippen LogP contribution is 2.42. The van der Waals surface area contributed by atoms with Crippen LogP contribution in [0.4, 0.5) is 0 Å². The molecule has 1 aromatic carbocycles. The summed E-state index contributed by atoms with van der Waals surface area (Å²) < 4.78 is 2.33. The maximum atomic E-state index is 12.6. The minimum atomic E-state index is -0.247. The number of nitriles is 1. The Balaban J connectivity index is 1.56. The van der Waals surface area contributed by atoms with E-state index in [2.05, 4.69) is 61.1 Å². The smallest absolute Gasteiger partial charge is 0.237 e. The number of carbonyl (C=O) groups is 1. The van der Waals surface area contributed by atoms with Crippen molar-refractivity contribution in [2.24, 2.45) is 7.05 Å². The van der Waals surface area contributed by atoms with Crippen molar-refractivity contribution in [1.29, 1.82) is 5.26 Å². The summed E-state index contributed by atoms with van der Waals surface area (Å²) in [6.07, 6.45) is 3.76. The second kappa shape index (κ2) is 6.69. The zero-order valence-electron chi connectivity index (χ0n) is 16.5. The molecular formula is C22H28N4O. The predicted octanol–water partition coefficient (Wildman–Crippen LogP) is 2.87. The van der Waals surface area contributed by atoms with Crippen molar-refractivity contribution in [3.63, 3.8) is 0 Å². The molecular weight excluding hydrogens is 336 g/mol. The maximum Gasteiger partial charge on any atom is 0.237 e. The third kappa shape index (κ3) is 2.83. The molecule has 5 nitrogen and oxygen atoms in total. The number of likely N-dealkylation sites (tertiary alicyclic amines) is 1. The van der Waals surface area contributed by atoms with Crippen LogP contribution in [0.15, 0.2) is 24.3 Å². The molecule has 142 valence electrons. The van der Waals surface area contributed by atoms with Gasteiger partial charge in [0.15, 0.2) is 0 Å². The number of hydrogen-bond donors (Lipinski definition) is 1. The molecule has 1 saturated heterocycles. The number of nitrogens with one attached hydrogen (secondary N) is 1. The molecule has 1 aliphatic heterocycles. The van der Waals surface area contributed by atoms with Gasteiger partial charge in [-0.2, -0.15) is 5.26 Å². The van der Waals surface area contributed by atoms with Crippen LogP contribution in [0.25, 0.3) is 10.9 Å². The number of para-hydroxylation sites is 1. The minimum Gasteiger partial charge on any atom is -0.347 e. The highest BCUT2D eigenvalue weighted by Gasteiger charge is 2.40. The lowest BCUT2D eigenvalue weighted by Crippen LogP contribution is -2.51. The van der Waals surface area contributed by atoms with Crippen molar-refractivity contribution in [3.8, 4) is 6.07 Å². The molecule has 27 heavy (non-hydrogen) atoms. The van der Waals surface area contributed by atoms with E-state index in [0.717, 1.165) is 25.7 Å². The van der Waals surface area contributed by atoms with Gasteiger partial charge in [0.2, 0.25) is 5.91 Å². The Kier molecular flexibility index (Phi) is 4.47. The molecule has 0 spiro atoms.